The van der Waals surface area contributed by atoms with E-state index in [2.05, 4.69) is 5.32 Å². The Hall–Kier alpha value is -0.810. The highest BCUT2D eigenvalue weighted by atomic mass is 35.5. The van der Waals surface area contributed by atoms with Gasteiger partial charge in [0, 0.05) is 6.04 Å². The molecule has 1 aliphatic rings. The van der Waals surface area contributed by atoms with E-state index in [0.29, 0.717) is 0 Å². The molecule has 1 saturated carbocycles. The number of carbonyl (C=O) groups is 2. The number of hydrogen-bond acceptors (Lipinski definition) is 3. The minimum Gasteiger partial charge on any atom is -0.369 e. The van der Waals surface area contributed by atoms with Gasteiger partial charge in [-0.15, -0.1) is 12.4 Å². The topological polar surface area (TPSA) is 98.2 Å². The maximum absolute atomic E-state index is 11.4. The molecule has 0 bridgehead atoms. The Morgan fingerprint density at radius 3 is 2.38 bits per heavy atom. The molecule has 0 heterocycles. The summed E-state index contributed by atoms with van der Waals surface area (Å²) in [4.78, 5) is 22.5. The van der Waals surface area contributed by atoms with Crippen molar-refractivity contribution in [3.05, 3.63) is 0 Å². The van der Waals surface area contributed by atoms with Gasteiger partial charge in [-0.1, -0.05) is 12.8 Å². The molecule has 2 amide bonds. The lowest BCUT2D eigenvalue weighted by Crippen LogP contribution is -2.50. The van der Waals surface area contributed by atoms with E-state index in [-0.39, 0.29) is 36.2 Å². The molecule has 5 N–H and O–H groups in total. The van der Waals surface area contributed by atoms with Crippen LogP contribution in [-0.2, 0) is 9.59 Å². The van der Waals surface area contributed by atoms with Crippen LogP contribution in [0.1, 0.15) is 32.6 Å². The summed E-state index contributed by atoms with van der Waals surface area (Å²) in [5.74, 6) is -0.778. The Morgan fingerprint density at radius 1 is 1.31 bits per heavy atom. The van der Waals surface area contributed by atoms with E-state index >= 15 is 0 Å². The van der Waals surface area contributed by atoms with Crippen LogP contribution < -0.4 is 16.8 Å². The van der Waals surface area contributed by atoms with E-state index in [1.54, 1.807) is 6.92 Å². The van der Waals surface area contributed by atoms with Gasteiger partial charge in [-0.3, -0.25) is 9.59 Å². The number of rotatable bonds is 3. The monoisotopic (exact) mass is 249 g/mol. The van der Waals surface area contributed by atoms with Crippen LogP contribution in [-0.4, -0.2) is 23.9 Å². The van der Waals surface area contributed by atoms with Crippen molar-refractivity contribution in [3.8, 4) is 0 Å². The van der Waals surface area contributed by atoms with Gasteiger partial charge in [0.05, 0.1) is 12.0 Å². The van der Waals surface area contributed by atoms with E-state index < -0.39 is 6.04 Å². The van der Waals surface area contributed by atoms with E-state index in [0.717, 1.165) is 25.7 Å². The largest absolute Gasteiger partial charge is 0.369 e. The zero-order chi connectivity index (χ0) is 11.4. The molecule has 94 valence electrons. The lowest BCUT2D eigenvalue weighted by molar-refractivity contribution is -0.126. The highest BCUT2D eigenvalue weighted by Gasteiger charge is 2.30. The Balaban J connectivity index is 0.00000225. The van der Waals surface area contributed by atoms with Crippen LogP contribution in [0.2, 0.25) is 0 Å². The fourth-order valence-corrected chi connectivity index (χ4v) is 1.96. The molecule has 3 atom stereocenters. The smallest absolute Gasteiger partial charge is 0.236 e. The van der Waals surface area contributed by atoms with Crippen molar-refractivity contribution in [2.45, 2.75) is 44.7 Å². The number of primary amides is 1. The molecule has 2 unspecified atom stereocenters. The molecule has 1 aliphatic carbocycles. The zero-order valence-electron chi connectivity index (χ0n) is 9.44. The number of amides is 2. The summed E-state index contributed by atoms with van der Waals surface area (Å²) in [6.45, 7) is 1.62. The Kier molecular flexibility index (Phi) is 6.36. The fraction of sp³-hybridized carbons (Fsp3) is 0.800. The molecule has 0 aliphatic heterocycles. The van der Waals surface area contributed by atoms with Gasteiger partial charge in [0.25, 0.3) is 0 Å². The average Bonchev–Trinajstić information content (AvgIpc) is 2.18. The second-order valence-electron chi connectivity index (χ2n) is 4.20. The van der Waals surface area contributed by atoms with Crippen molar-refractivity contribution in [2.24, 2.45) is 17.4 Å². The van der Waals surface area contributed by atoms with Crippen molar-refractivity contribution in [3.63, 3.8) is 0 Å². The van der Waals surface area contributed by atoms with E-state index in [1.165, 1.54) is 0 Å². The summed E-state index contributed by atoms with van der Waals surface area (Å²) in [6.07, 6.45) is 3.59. The van der Waals surface area contributed by atoms with Gasteiger partial charge in [0.1, 0.15) is 0 Å². The van der Waals surface area contributed by atoms with Gasteiger partial charge in [0.15, 0.2) is 0 Å². The van der Waals surface area contributed by atoms with E-state index in [4.69, 9.17) is 11.5 Å². The molecule has 0 saturated heterocycles. The van der Waals surface area contributed by atoms with Crippen molar-refractivity contribution >= 4 is 24.2 Å². The number of hydrogen-bond donors (Lipinski definition) is 3. The number of halogens is 1. The third kappa shape index (κ3) is 3.98. The van der Waals surface area contributed by atoms with Gasteiger partial charge < -0.3 is 16.8 Å². The molecular formula is C10H20ClN3O2. The van der Waals surface area contributed by atoms with Crippen molar-refractivity contribution < 1.29 is 9.59 Å². The van der Waals surface area contributed by atoms with Crippen LogP contribution in [0.5, 0.6) is 0 Å². The fourth-order valence-electron chi connectivity index (χ4n) is 1.96. The summed E-state index contributed by atoms with van der Waals surface area (Å²) in [6, 6.07) is -0.671. The maximum Gasteiger partial charge on any atom is 0.236 e. The van der Waals surface area contributed by atoms with Gasteiger partial charge >= 0.3 is 0 Å². The summed E-state index contributed by atoms with van der Waals surface area (Å²) in [5.41, 5.74) is 10.7. The highest BCUT2D eigenvalue weighted by Crippen LogP contribution is 2.24. The Bertz CT molecular complexity index is 258. The third-order valence-corrected chi connectivity index (χ3v) is 2.87. The molecule has 16 heavy (non-hydrogen) atoms. The highest BCUT2D eigenvalue weighted by molar-refractivity contribution is 5.85. The Morgan fingerprint density at radius 2 is 1.88 bits per heavy atom. The third-order valence-electron chi connectivity index (χ3n) is 2.87. The normalized spacial score (nSPS) is 26.4. The average molecular weight is 250 g/mol. The lowest BCUT2D eigenvalue weighted by Gasteiger charge is -2.30. The minimum absolute atomic E-state index is 0. The standard InChI is InChI=1S/C10H19N3O2.ClH/c1-6(11)10(15)13-8-5-3-2-4-7(8)9(12)14;/h6-8H,2-5,11H2,1H3,(H2,12,14)(H,13,15);1H/t6-,7?,8?;/m1./s1. The number of carbonyl (C=O) groups excluding carboxylic acids is 2. The first-order chi connectivity index (χ1) is 7.02. The van der Waals surface area contributed by atoms with Crippen LogP contribution in [0.4, 0.5) is 0 Å². The van der Waals surface area contributed by atoms with E-state index in [9.17, 15) is 9.59 Å². The van der Waals surface area contributed by atoms with Crippen LogP contribution in [0.15, 0.2) is 0 Å². The first-order valence-electron chi connectivity index (χ1n) is 5.37. The number of nitrogens with two attached hydrogens (primary N) is 2. The molecule has 0 aromatic heterocycles. The Labute approximate surface area is 102 Å². The molecule has 0 spiro atoms. The molecule has 1 rings (SSSR count). The summed E-state index contributed by atoms with van der Waals surface area (Å²) >= 11 is 0. The van der Waals surface area contributed by atoms with Crippen LogP contribution in [0, 0.1) is 5.92 Å². The molecule has 0 aromatic rings. The van der Waals surface area contributed by atoms with Crippen LogP contribution >= 0.6 is 12.4 Å². The van der Waals surface area contributed by atoms with Crippen molar-refractivity contribution in [1.29, 1.82) is 0 Å². The van der Waals surface area contributed by atoms with Crippen molar-refractivity contribution in [1.82, 2.24) is 5.32 Å². The minimum atomic E-state index is -0.541. The summed E-state index contributed by atoms with van der Waals surface area (Å²) in [5, 5.41) is 2.78. The van der Waals surface area contributed by atoms with Gasteiger partial charge in [-0.25, -0.2) is 0 Å². The van der Waals surface area contributed by atoms with Crippen LogP contribution in [0.3, 0.4) is 0 Å². The predicted molar refractivity (Wildman–Crippen MR) is 64.0 cm³/mol. The molecular weight excluding hydrogens is 230 g/mol. The molecule has 6 heteroatoms. The first kappa shape index (κ1) is 15.2. The number of nitrogens with one attached hydrogen (secondary N) is 1. The first-order valence-corrected chi connectivity index (χ1v) is 5.37. The molecule has 5 nitrogen and oxygen atoms in total. The second-order valence-corrected chi connectivity index (χ2v) is 4.20. The molecule has 1 fully saturated rings. The SMILES string of the molecule is C[C@@H](N)C(=O)NC1CCCCC1C(N)=O.Cl. The van der Waals surface area contributed by atoms with Gasteiger partial charge in [-0.2, -0.15) is 0 Å². The maximum atomic E-state index is 11.4. The molecule has 0 aromatic carbocycles. The lowest BCUT2D eigenvalue weighted by atomic mass is 9.84. The van der Waals surface area contributed by atoms with Gasteiger partial charge in [-0.05, 0) is 19.8 Å². The predicted octanol–water partition coefficient (Wildman–Crippen LogP) is -0.0843. The van der Waals surface area contributed by atoms with Crippen LogP contribution in [0.25, 0.3) is 0 Å². The zero-order valence-corrected chi connectivity index (χ0v) is 10.3. The molecule has 0 radical (unpaired) electrons. The summed E-state index contributed by atoms with van der Waals surface area (Å²) < 4.78 is 0. The van der Waals surface area contributed by atoms with Gasteiger partial charge in [0.2, 0.25) is 11.8 Å². The summed E-state index contributed by atoms with van der Waals surface area (Å²) in [7, 11) is 0. The quantitative estimate of drug-likeness (QED) is 0.652. The second kappa shape index (κ2) is 6.70. The van der Waals surface area contributed by atoms with E-state index in [1.807, 2.05) is 0 Å². The van der Waals surface area contributed by atoms with Crippen molar-refractivity contribution in [2.75, 3.05) is 0 Å².